The minimum atomic E-state index is -0.430. The molecule has 266 valence electrons. The second kappa shape index (κ2) is 13.4. The summed E-state index contributed by atoms with van der Waals surface area (Å²) in [6, 6.07) is 73.9. The number of nitrogens with zero attached hydrogens (tertiary/aromatic N) is 3. The molecule has 3 nitrogen and oxygen atoms in total. The maximum absolute atomic E-state index is 5.25. The fourth-order valence-electron chi connectivity index (χ4n) is 9.16. The van der Waals surface area contributed by atoms with Gasteiger partial charge in [-0.2, -0.15) is 0 Å². The Labute approximate surface area is 331 Å². The van der Waals surface area contributed by atoms with Crippen molar-refractivity contribution in [3.05, 3.63) is 235 Å². The van der Waals surface area contributed by atoms with Crippen LogP contribution in [0.4, 0.5) is 0 Å². The van der Waals surface area contributed by atoms with Crippen LogP contribution in [0.15, 0.2) is 212 Å². The zero-order valence-electron chi connectivity index (χ0n) is 31.0. The van der Waals surface area contributed by atoms with Crippen LogP contribution in [-0.4, -0.2) is 15.0 Å². The smallest absolute Gasteiger partial charge is 0.160 e. The Balaban J connectivity index is 1.10. The molecule has 0 fully saturated rings. The summed E-state index contributed by atoms with van der Waals surface area (Å²) in [5.41, 5.74) is 15.4. The summed E-state index contributed by atoms with van der Waals surface area (Å²) in [5, 5.41) is 3.38. The first-order chi connectivity index (χ1) is 28.3. The summed E-state index contributed by atoms with van der Waals surface area (Å²) in [5.74, 6) is 0.690. The van der Waals surface area contributed by atoms with E-state index in [2.05, 4.69) is 181 Å². The monoisotopic (exact) mass is 725 g/mol. The van der Waals surface area contributed by atoms with E-state index in [1.165, 1.54) is 49.9 Å². The highest BCUT2D eigenvalue weighted by atomic mass is 14.9. The molecule has 0 unspecified atom stereocenters. The van der Waals surface area contributed by atoms with Crippen LogP contribution in [0, 0.1) is 0 Å². The van der Waals surface area contributed by atoms with E-state index in [4.69, 9.17) is 9.97 Å². The van der Waals surface area contributed by atoms with Crippen molar-refractivity contribution in [2.24, 2.45) is 0 Å². The van der Waals surface area contributed by atoms with Crippen LogP contribution in [-0.2, 0) is 5.41 Å². The normalized spacial score (nSPS) is 12.7. The molecule has 2 heterocycles. The van der Waals surface area contributed by atoms with Crippen molar-refractivity contribution >= 4 is 21.7 Å². The van der Waals surface area contributed by atoms with E-state index in [0.29, 0.717) is 5.82 Å². The molecule has 0 saturated carbocycles. The standard InChI is InChI=1S/C54H35N3/c1-4-16-36(17-5-1)53-56-51(45-25-14-28-50-44(45)26-15-33-55-50)35-52(57-53)46-31-30-40(41-22-10-11-23-42(41)46)37-29-32-49-47(34-37)43-24-12-13-27-48(43)54(49,38-18-6-2-7-19-38)39-20-8-3-9-21-39/h1-35H. The Kier molecular flexibility index (Phi) is 7.71. The third kappa shape index (κ3) is 5.24. The lowest BCUT2D eigenvalue weighted by Gasteiger charge is -2.33. The molecule has 0 bridgehead atoms. The van der Waals surface area contributed by atoms with Crippen LogP contribution < -0.4 is 0 Å². The fraction of sp³-hybridized carbons (Fsp3) is 0.0185. The van der Waals surface area contributed by atoms with Crippen LogP contribution >= 0.6 is 0 Å². The molecule has 0 spiro atoms. The van der Waals surface area contributed by atoms with E-state index < -0.39 is 5.41 Å². The third-order valence-corrected chi connectivity index (χ3v) is 11.6. The molecule has 0 radical (unpaired) electrons. The maximum atomic E-state index is 5.25. The number of aromatic nitrogens is 3. The molecule has 11 rings (SSSR count). The molecular formula is C54H35N3. The summed E-state index contributed by atoms with van der Waals surface area (Å²) < 4.78 is 0. The lowest BCUT2D eigenvalue weighted by atomic mass is 9.67. The number of fused-ring (bicyclic) bond motifs is 5. The van der Waals surface area contributed by atoms with Crippen LogP contribution in [0.5, 0.6) is 0 Å². The average molecular weight is 726 g/mol. The van der Waals surface area contributed by atoms with Crippen molar-refractivity contribution in [1.29, 1.82) is 0 Å². The molecule has 0 aliphatic heterocycles. The van der Waals surface area contributed by atoms with Gasteiger partial charge >= 0.3 is 0 Å². The Morgan fingerprint density at radius 3 is 1.63 bits per heavy atom. The van der Waals surface area contributed by atoms with Gasteiger partial charge < -0.3 is 0 Å². The van der Waals surface area contributed by atoms with Gasteiger partial charge in [0.25, 0.3) is 0 Å². The Morgan fingerprint density at radius 1 is 0.333 bits per heavy atom. The van der Waals surface area contributed by atoms with E-state index >= 15 is 0 Å². The number of pyridine rings is 1. The van der Waals surface area contributed by atoms with E-state index in [1.54, 1.807) is 0 Å². The minimum Gasteiger partial charge on any atom is -0.256 e. The minimum absolute atomic E-state index is 0.430. The Bertz CT molecular complexity index is 3070. The quantitative estimate of drug-likeness (QED) is 0.171. The van der Waals surface area contributed by atoms with Crippen molar-refractivity contribution < 1.29 is 0 Å². The third-order valence-electron chi connectivity index (χ3n) is 11.6. The first-order valence-corrected chi connectivity index (χ1v) is 19.4. The summed E-state index contributed by atoms with van der Waals surface area (Å²) in [7, 11) is 0. The van der Waals surface area contributed by atoms with Gasteiger partial charge in [-0.1, -0.05) is 182 Å². The lowest BCUT2D eigenvalue weighted by Crippen LogP contribution is -2.28. The highest BCUT2D eigenvalue weighted by molar-refractivity contribution is 6.06. The molecule has 8 aromatic carbocycles. The van der Waals surface area contributed by atoms with E-state index in [9.17, 15) is 0 Å². The second-order valence-corrected chi connectivity index (χ2v) is 14.7. The number of hydrogen-bond acceptors (Lipinski definition) is 3. The maximum Gasteiger partial charge on any atom is 0.160 e. The van der Waals surface area contributed by atoms with Gasteiger partial charge in [-0.05, 0) is 79.5 Å². The molecular weight excluding hydrogens is 691 g/mol. The van der Waals surface area contributed by atoms with Gasteiger partial charge in [0.05, 0.1) is 22.3 Å². The summed E-state index contributed by atoms with van der Waals surface area (Å²) in [6.07, 6.45) is 1.84. The predicted molar refractivity (Wildman–Crippen MR) is 234 cm³/mol. The van der Waals surface area contributed by atoms with Crippen LogP contribution in [0.2, 0.25) is 0 Å². The Morgan fingerprint density at radius 2 is 0.895 bits per heavy atom. The number of hydrogen-bond donors (Lipinski definition) is 0. The van der Waals surface area contributed by atoms with Gasteiger partial charge in [-0.3, -0.25) is 4.98 Å². The first kappa shape index (κ1) is 32.9. The van der Waals surface area contributed by atoms with Gasteiger partial charge in [-0.25, -0.2) is 9.97 Å². The molecule has 1 aliphatic rings. The van der Waals surface area contributed by atoms with E-state index in [-0.39, 0.29) is 0 Å². The van der Waals surface area contributed by atoms with Crippen molar-refractivity contribution in [3.8, 4) is 56.2 Å². The Hall–Kier alpha value is -7.49. The molecule has 0 saturated heterocycles. The predicted octanol–water partition coefficient (Wildman–Crippen LogP) is 13.2. The van der Waals surface area contributed by atoms with Crippen LogP contribution in [0.1, 0.15) is 22.3 Å². The summed E-state index contributed by atoms with van der Waals surface area (Å²) in [4.78, 5) is 15.1. The molecule has 0 amide bonds. The van der Waals surface area contributed by atoms with Crippen molar-refractivity contribution in [1.82, 2.24) is 15.0 Å². The highest BCUT2D eigenvalue weighted by Gasteiger charge is 2.46. The summed E-state index contributed by atoms with van der Waals surface area (Å²) >= 11 is 0. The van der Waals surface area contributed by atoms with Gasteiger partial charge in [-0.15, -0.1) is 0 Å². The molecule has 10 aromatic rings. The zero-order chi connectivity index (χ0) is 37.8. The van der Waals surface area contributed by atoms with Gasteiger partial charge in [0.1, 0.15) is 0 Å². The van der Waals surface area contributed by atoms with Crippen LogP contribution in [0.3, 0.4) is 0 Å². The topological polar surface area (TPSA) is 38.7 Å². The van der Waals surface area contributed by atoms with Crippen LogP contribution in [0.25, 0.3) is 77.8 Å². The van der Waals surface area contributed by atoms with Gasteiger partial charge in [0.2, 0.25) is 0 Å². The van der Waals surface area contributed by atoms with Crippen molar-refractivity contribution in [2.75, 3.05) is 0 Å². The second-order valence-electron chi connectivity index (χ2n) is 14.7. The van der Waals surface area contributed by atoms with Gasteiger partial charge in [0.15, 0.2) is 5.82 Å². The molecule has 3 heteroatoms. The summed E-state index contributed by atoms with van der Waals surface area (Å²) in [6.45, 7) is 0. The number of rotatable bonds is 6. The van der Waals surface area contributed by atoms with Crippen molar-refractivity contribution in [3.63, 3.8) is 0 Å². The lowest BCUT2D eigenvalue weighted by molar-refractivity contribution is 0.768. The van der Waals surface area contributed by atoms with Crippen molar-refractivity contribution in [2.45, 2.75) is 5.41 Å². The zero-order valence-corrected chi connectivity index (χ0v) is 31.0. The molecule has 0 N–H and O–H groups in total. The molecule has 0 atom stereocenters. The van der Waals surface area contributed by atoms with Gasteiger partial charge in [0, 0.05) is 28.3 Å². The number of benzene rings is 8. The molecule has 2 aromatic heterocycles. The molecule has 57 heavy (non-hydrogen) atoms. The van der Waals surface area contributed by atoms with E-state index in [0.717, 1.165) is 44.4 Å². The SMILES string of the molecule is c1ccc(-c2nc(-c3cccc4ncccc34)cc(-c3ccc(-c4ccc5c(c4)-c4ccccc4C5(c4ccccc4)c4ccccc4)c4ccccc34)n2)cc1. The molecule has 1 aliphatic carbocycles. The largest absolute Gasteiger partial charge is 0.256 e. The van der Waals surface area contributed by atoms with E-state index in [1.807, 2.05) is 36.5 Å². The first-order valence-electron chi connectivity index (χ1n) is 19.4. The highest BCUT2D eigenvalue weighted by Crippen LogP contribution is 2.56. The average Bonchev–Trinajstić information content (AvgIpc) is 3.59. The fourth-order valence-corrected chi connectivity index (χ4v) is 9.16.